The predicted molar refractivity (Wildman–Crippen MR) is 77.5 cm³/mol. The van der Waals surface area contributed by atoms with E-state index in [4.69, 9.17) is 16.3 Å². The van der Waals surface area contributed by atoms with Crippen LogP contribution in [0, 0.1) is 0 Å². The van der Waals surface area contributed by atoms with Crippen molar-refractivity contribution in [3.05, 3.63) is 58.9 Å². The first-order valence-corrected chi connectivity index (χ1v) is 6.54. The molecule has 0 fully saturated rings. The van der Waals surface area contributed by atoms with Gasteiger partial charge in [-0.05, 0) is 36.2 Å². The third-order valence-electron chi connectivity index (χ3n) is 3.05. The second-order valence-corrected chi connectivity index (χ2v) is 4.75. The monoisotopic (exact) mass is 276 g/mol. The topological polar surface area (TPSA) is 34.1 Å². The van der Waals surface area contributed by atoms with Gasteiger partial charge < -0.3 is 10.1 Å². The molecule has 100 valence electrons. The van der Waals surface area contributed by atoms with Gasteiger partial charge in [-0.25, -0.2) is 0 Å². The van der Waals surface area contributed by atoms with Crippen LogP contribution in [-0.2, 0) is 6.54 Å². The molecule has 1 atom stereocenters. The first-order valence-electron chi connectivity index (χ1n) is 6.16. The van der Waals surface area contributed by atoms with Crippen LogP contribution in [0.5, 0.6) is 5.75 Å². The fourth-order valence-corrected chi connectivity index (χ4v) is 2.03. The Kier molecular flexibility index (Phi) is 4.77. The highest BCUT2D eigenvalue weighted by atomic mass is 35.5. The minimum atomic E-state index is 0.222. The van der Waals surface area contributed by atoms with E-state index in [-0.39, 0.29) is 6.04 Å². The molecule has 1 N–H and O–H groups in total. The van der Waals surface area contributed by atoms with E-state index in [0.29, 0.717) is 11.6 Å². The van der Waals surface area contributed by atoms with Crippen LogP contribution in [0.2, 0.25) is 5.02 Å². The summed E-state index contributed by atoms with van der Waals surface area (Å²) in [7, 11) is 1.67. The van der Waals surface area contributed by atoms with E-state index >= 15 is 0 Å². The Morgan fingerprint density at radius 3 is 2.95 bits per heavy atom. The van der Waals surface area contributed by atoms with Gasteiger partial charge in [-0.2, -0.15) is 0 Å². The molecule has 0 saturated carbocycles. The SMILES string of the molecule is COc1cccc([C@@H](C)NCc2ccncc2Cl)c1. The van der Waals surface area contributed by atoms with E-state index < -0.39 is 0 Å². The van der Waals surface area contributed by atoms with Crippen LogP contribution in [0.1, 0.15) is 24.1 Å². The van der Waals surface area contributed by atoms with Gasteiger partial charge in [-0.1, -0.05) is 23.7 Å². The van der Waals surface area contributed by atoms with Crippen molar-refractivity contribution in [1.82, 2.24) is 10.3 Å². The van der Waals surface area contributed by atoms with E-state index in [1.54, 1.807) is 19.5 Å². The molecule has 2 aromatic rings. The Morgan fingerprint density at radius 2 is 2.21 bits per heavy atom. The van der Waals surface area contributed by atoms with Crippen LogP contribution in [0.3, 0.4) is 0 Å². The standard InChI is InChI=1S/C15H17ClN2O/c1-11(12-4-3-5-14(8-12)19-2)18-9-13-6-7-17-10-15(13)16/h3-8,10-11,18H,9H2,1-2H3/t11-/m1/s1. The summed E-state index contributed by atoms with van der Waals surface area (Å²) < 4.78 is 5.23. The third-order valence-corrected chi connectivity index (χ3v) is 3.39. The molecule has 0 radical (unpaired) electrons. The zero-order valence-electron chi connectivity index (χ0n) is 11.1. The van der Waals surface area contributed by atoms with E-state index in [1.807, 2.05) is 24.3 Å². The molecule has 1 aromatic heterocycles. The largest absolute Gasteiger partial charge is 0.497 e. The van der Waals surface area contributed by atoms with E-state index in [1.165, 1.54) is 5.56 Å². The van der Waals surface area contributed by atoms with Gasteiger partial charge in [-0.15, -0.1) is 0 Å². The predicted octanol–water partition coefficient (Wildman–Crippen LogP) is 3.59. The quantitative estimate of drug-likeness (QED) is 0.906. The lowest BCUT2D eigenvalue weighted by molar-refractivity contribution is 0.413. The first-order chi connectivity index (χ1) is 9.20. The lowest BCUT2D eigenvalue weighted by atomic mass is 10.1. The zero-order chi connectivity index (χ0) is 13.7. The summed E-state index contributed by atoms with van der Waals surface area (Å²) in [6, 6.07) is 10.2. The number of hydrogen-bond acceptors (Lipinski definition) is 3. The Hall–Kier alpha value is -1.58. The van der Waals surface area contributed by atoms with Crippen molar-refractivity contribution in [2.75, 3.05) is 7.11 Å². The molecule has 3 nitrogen and oxygen atoms in total. The summed E-state index contributed by atoms with van der Waals surface area (Å²) in [6.07, 6.45) is 3.41. The highest BCUT2D eigenvalue weighted by molar-refractivity contribution is 6.31. The van der Waals surface area contributed by atoms with Crippen molar-refractivity contribution >= 4 is 11.6 Å². The van der Waals surface area contributed by atoms with Gasteiger partial charge in [0.05, 0.1) is 12.1 Å². The highest BCUT2D eigenvalue weighted by Gasteiger charge is 2.07. The fourth-order valence-electron chi connectivity index (χ4n) is 1.84. The summed E-state index contributed by atoms with van der Waals surface area (Å²) in [4.78, 5) is 3.98. The number of nitrogens with zero attached hydrogens (tertiary/aromatic N) is 1. The molecule has 2 rings (SSSR count). The molecule has 19 heavy (non-hydrogen) atoms. The van der Waals surface area contributed by atoms with Crippen molar-refractivity contribution in [1.29, 1.82) is 0 Å². The lowest BCUT2D eigenvalue weighted by Gasteiger charge is -2.15. The normalized spacial score (nSPS) is 12.2. The van der Waals surface area contributed by atoms with Crippen molar-refractivity contribution in [3.8, 4) is 5.75 Å². The number of methoxy groups -OCH3 is 1. The fraction of sp³-hybridized carbons (Fsp3) is 0.267. The molecule has 0 saturated heterocycles. The van der Waals surface area contributed by atoms with Crippen molar-refractivity contribution in [2.24, 2.45) is 0 Å². The lowest BCUT2D eigenvalue weighted by Crippen LogP contribution is -2.18. The highest BCUT2D eigenvalue weighted by Crippen LogP contribution is 2.20. The summed E-state index contributed by atoms with van der Waals surface area (Å²) in [5, 5.41) is 4.13. The Balaban J connectivity index is 2.01. The molecule has 0 unspecified atom stereocenters. The molecule has 0 bridgehead atoms. The van der Waals surface area contributed by atoms with Crippen LogP contribution in [0.4, 0.5) is 0 Å². The number of halogens is 1. The molecule has 0 aliphatic carbocycles. The van der Waals surface area contributed by atoms with Crippen LogP contribution >= 0.6 is 11.6 Å². The minimum Gasteiger partial charge on any atom is -0.497 e. The van der Waals surface area contributed by atoms with Crippen LogP contribution in [0.15, 0.2) is 42.7 Å². The Labute approximate surface area is 118 Å². The van der Waals surface area contributed by atoms with Gasteiger partial charge in [-0.3, -0.25) is 4.98 Å². The van der Waals surface area contributed by atoms with Crippen molar-refractivity contribution < 1.29 is 4.74 Å². The van der Waals surface area contributed by atoms with Gasteiger partial charge in [0.25, 0.3) is 0 Å². The van der Waals surface area contributed by atoms with Gasteiger partial charge in [0.15, 0.2) is 0 Å². The number of pyridine rings is 1. The van der Waals surface area contributed by atoms with Crippen LogP contribution in [-0.4, -0.2) is 12.1 Å². The number of nitrogens with one attached hydrogen (secondary N) is 1. The Morgan fingerprint density at radius 1 is 1.37 bits per heavy atom. The van der Waals surface area contributed by atoms with Gasteiger partial charge in [0, 0.05) is 25.0 Å². The number of aromatic nitrogens is 1. The molecule has 4 heteroatoms. The average Bonchev–Trinajstić information content (AvgIpc) is 2.46. The summed E-state index contributed by atoms with van der Waals surface area (Å²) in [5.74, 6) is 0.869. The molecular weight excluding hydrogens is 260 g/mol. The number of hydrogen-bond donors (Lipinski definition) is 1. The molecule has 0 amide bonds. The molecule has 0 aliphatic rings. The zero-order valence-corrected chi connectivity index (χ0v) is 11.8. The van der Waals surface area contributed by atoms with Gasteiger partial charge in [0.1, 0.15) is 5.75 Å². The molecule has 0 aliphatic heterocycles. The summed E-state index contributed by atoms with van der Waals surface area (Å²) in [5.41, 5.74) is 2.23. The van der Waals surface area contributed by atoms with Crippen molar-refractivity contribution in [3.63, 3.8) is 0 Å². The van der Waals surface area contributed by atoms with Crippen LogP contribution in [0.25, 0.3) is 0 Å². The maximum atomic E-state index is 6.08. The maximum absolute atomic E-state index is 6.08. The van der Waals surface area contributed by atoms with E-state index in [2.05, 4.69) is 23.3 Å². The Bertz CT molecular complexity index is 545. The first kappa shape index (κ1) is 13.8. The molecular formula is C15H17ClN2O. The van der Waals surface area contributed by atoms with E-state index in [0.717, 1.165) is 11.3 Å². The minimum absolute atomic E-state index is 0.222. The molecule has 1 aromatic carbocycles. The maximum Gasteiger partial charge on any atom is 0.119 e. The second-order valence-electron chi connectivity index (χ2n) is 4.35. The third kappa shape index (κ3) is 3.69. The van der Waals surface area contributed by atoms with Crippen LogP contribution < -0.4 is 10.1 Å². The molecule has 1 heterocycles. The number of rotatable bonds is 5. The number of benzene rings is 1. The van der Waals surface area contributed by atoms with E-state index in [9.17, 15) is 0 Å². The molecule has 0 spiro atoms. The second kappa shape index (κ2) is 6.55. The van der Waals surface area contributed by atoms with Gasteiger partial charge in [0.2, 0.25) is 0 Å². The van der Waals surface area contributed by atoms with Crippen molar-refractivity contribution in [2.45, 2.75) is 19.5 Å². The summed E-state index contributed by atoms with van der Waals surface area (Å²) in [6.45, 7) is 2.82. The summed E-state index contributed by atoms with van der Waals surface area (Å²) >= 11 is 6.08. The van der Waals surface area contributed by atoms with Gasteiger partial charge >= 0.3 is 0 Å². The smallest absolute Gasteiger partial charge is 0.119 e. The number of ether oxygens (including phenoxy) is 1. The average molecular weight is 277 g/mol.